The Balaban J connectivity index is 2.78. The fourth-order valence-electron chi connectivity index (χ4n) is 0.825. The Labute approximate surface area is 82.7 Å². The third kappa shape index (κ3) is 2.46. The van der Waals surface area contributed by atoms with Gasteiger partial charge in [0.05, 0.1) is 18.1 Å². The van der Waals surface area contributed by atoms with Crippen molar-refractivity contribution in [2.24, 2.45) is 5.73 Å². The van der Waals surface area contributed by atoms with Crippen LogP contribution in [-0.4, -0.2) is 36.5 Å². The summed E-state index contributed by atoms with van der Waals surface area (Å²) in [6.07, 6.45) is 2.68. The highest BCUT2D eigenvalue weighted by atomic mass is 32.2. The van der Waals surface area contributed by atoms with Gasteiger partial charge in [0.15, 0.2) is 5.75 Å². The Morgan fingerprint density at radius 2 is 2.36 bits per heavy atom. The molecule has 0 unspecified atom stereocenters. The van der Waals surface area contributed by atoms with Gasteiger partial charge >= 0.3 is 0 Å². The molecular weight excluding hydrogens is 206 g/mol. The Bertz CT molecular complexity index is 385. The molecule has 6 nitrogen and oxygen atoms in total. The van der Waals surface area contributed by atoms with Gasteiger partial charge in [-0.3, -0.25) is 0 Å². The summed E-state index contributed by atoms with van der Waals surface area (Å²) in [6.45, 7) is 2.28. The van der Waals surface area contributed by atoms with Crippen LogP contribution in [0.2, 0.25) is 0 Å². The van der Waals surface area contributed by atoms with Gasteiger partial charge in [0, 0.05) is 6.54 Å². The van der Waals surface area contributed by atoms with Crippen molar-refractivity contribution in [3.05, 3.63) is 12.4 Å². The summed E-state index contributed by atoms with van der Waals surface area (Å²) in [5, 5.41) is 3.67. The molecule has 80 valence electrons. The Morgan fingerprint density at radius 3 is 2.93 bits per heavy atom. The van der Waals surface area contributed by atoms with Gasteiger partial charge < -0.3 is 10.5 Å². The molecule has 1 aromatic rings. The van der Waals surface area contributed by atoms with Crippen LogP contribution in [0.15, 0.2) is 12.4 Å². The van der Waals surface area contributed by atoms with Gasteiger partial charge in [-0.15, -0.1) is 0 Å². The number of rotatable bonds is 5. The van der Waals surface area contributed by atoms with Crippen LogP contribution in [0.4, 0.5) is 0 Å². The summed E-state index contributed by atoms with van der Waals surface area (Å²) in [7, 11) is -3.31. The van der Waals surface area contributed by atoms with Crippen molar-refractivity contribution in [1.82, 2.24) is 9.19 Å². The molecule has 0 aliphatic carbocycles. The zero-order valence-corrected chi connectivity index (χ0v) is 8.70. The lowest BCUT2D eigenvalue weighted by atomic mass is 10.6. The average molecular weight is 219 g/mol. The van der Waals surface area contributed by atoms with E-state index in [4.69, 9.17) is 10.5 Å². The van der Waals surface area contributed by atoms with Crippen LogP contribution in [0.3, 0.4) is 0 Å². The summed E-state index contributed by atoms with van der Waals surface area (Å²) in [4.78, 5) is 0. The summed E-state index contributed by atoms with van der Waals surface area (Å²) >= 11 is 0. The van der Waals surface area contributed by atoms with Crippen LogP contribution in [-0.2, 0) is 10.0 Å². The standard InChI is InChI=1S/C7H13N3O3S/c1-2-14(11,12)10-6-7(5-9-10)13-4-3-8/h5-6H,2-4,8H2,1H3. The quantitative estimate of drug-likeness (QED) is 0.715. The highest BCUT2D eigenvalue weighted by molar-refractivity contribution is 7.89. The van der Waals surface area contributed by atoms with Crippen LogP contribution < -0.4 is 10.5 Å². The monoisotopic (exact) mass is 219 g/mol. The maximum atomic E-state index is 11.3. The molecule has 0 bridgehead atoms. The number of aromatic nitrogens is 2. The molecule has 1 rings (SSSR count). The zero-order chi connectivity index (χ0) is 10.6. The van der Waals surface area contributed by atoms with E-state index in [0.717, 1.165) is 4.09 Å². The largest absolute Gasteiger partial charge is 0.489 e. The minimum absolute atomic E-state index is 0.00497. The molecular formula is C7H13N3O3S. The summed E-state index contributed by atoms with van der Waals surface area (Å²) in [5.41, 5.74) is 5.22. The lowest BCUT2D eigenvalue weighted by Crippen LogP contribution is -2.15. The minimum Gasteiger partial charge on any atom is -0.489 e. The predicted molar refractivity (Wildman–Crippen MR) is 51.6 cm³/mol. The third-order valence-electron chi connectivity index (χ3n) is 1.57. The fourth-order valence-corrected chi connectivity index (χ4v) is 1.54. The lowest BCUT2D eigenvalue weighted by molar-refractivity contribution is 0.328. The fraction of sp³-hybridized carbons (Fsp3) is 0.571. The smallest absolute Gasteiger partial charge is 0.253 e. The van der Waals surface area contributed by atoms with Gasteiger partial charge in [0.2, 0.25) is 0 Å². The zero-order valence-electron chi connectivity index (χ0n) is 7.88. The van der Waals surface area contributed by atoms with Crippen molar-refractivity contribution >= 4 is 10.0 Å². The van der Waals surface area contributed by atoms with E-state index in [0.29, 0.717) is 18.9 Å². The van der Waals surface area contributed by atoms with Crippen molar-refractivity contribution in [2.75, 3.05) is 18.9 Å². The molecule has 1 aromatic heterocycles. The highest BCUT2D eigenvalue weighted by Gasteiger charge is 2.11. The Hall–Kier alpha value is -1.08. The van der Waals surface area contributed by atoms with Gasteiger partial charge in [-0.1, -0.05) is 0 Å². The second-order valence-corrected chi connectivity index (χ2v) is 4.70. The number of hydrogen-bond acceptors (Lipinski definition) is 5. The molecule has 0 radical (unpaired) electrons. The van der Waals surface area contributed by atoms with Crippen LogP contribution in [0.1, 0.15) is 6.92 Å². The van der Waals surface area contributed by atoms with E-state index in [1.807, 2.05) is 0 Å². The molecule has 0 aromatic carbocycles. The van der Waals surface area contributed by atoms with Crippen LogP contribution in [0, 0.1) is 0 Å². The Morgan fingerprint density at radius 1 is 1.64 bits per heavy atom. The number of nitrogens with two attached hydrogens (primary N) is 1. The van der Waals surface area contributed by atoms with Gasteiger partial charge in [0.25, 0.3) is 10.0 Å². The lowest BCUT2D eigenvalue weighted by Gasteiger charge is -2.00. The number of ether oxygens (including phenoxy) is 1. The first kappa shape index (κ1) is 11.0. The molecule has 0 aliphatic rings. The van der Waals surface area contributed by atoms with Gasteiger partial charge in [-0.2, -0.15) is 9.19 Å². The van der Waals surface area contributed by atoms with E-state index < -0.39 is 10.0 Å². The van der Waals surface area contributed by atoms with Crippen molar-refractivity contribution in [3.8, 4) is 5.75 Å². The molecule has 0 amide bonds. The highest BCUT2D eigenvalue weighted by Crippen LogP contribution is 2.09. The third-order valence-corrected chi connectivity index (χ3v) is 3.07. The maximum absolute atomic E-state index is 11.3. The van der Waals surface area contributed by atoms with Gasteiger partial charge in [-0.05, 0) is 6.92 Å². The predicted octanol–water partition coefficient (Wildman–Crippen LogP) is -0.582. The summed E-state index contributed by atoms with van der Waals surface area (Å²) in [5.74, 6) is 0.415. The average Bonchev–Trinajstić information content (AvgIpc) is 2.63. The van der Waals surface area contributed by atoms with E-state index in [-0.39, 0.29) is 5.75 Å². The van der Waals surface area contributed by atoms with Crippen molar-refractivity contribution in [1.29, 1.82) is 0 Å². The van der Waals surface area contributed by atoms with Crippen molar-refractivity contribution < 1.29 is 13.2 Å². The number of hydrogen-bond donors (Lipinski definition) is 1. The topological polar surface area (TPSA) is 87.2 Å². The number of nitrogens with zero attached hydrogens (tertiary/aromatic N) is 2. The molecule has 0 saturated carbocycles. The normalized spacial score (nSPS) is 11.6. The molecule has 0 atom stereocenters. The first-order valence-electron chi connectivity index (χ1n) is 4.21. The summed E-state index contributed by atoms with van der Waals surface area (Å²) in [6, 6.07) is 0. The van der Waals surface area contributed by atoms with Gasteiger partial charge in [0.1, 0.15) is 6.61 Å². The molecule has 0 fully saturated rings. The molecule has 2 N–H and O–H groups in total. The molecule has 0 saturated heterocycles. The first-order valence-corrected chi connectivity index (χ1v) is 5.82. The van der Waals surface area contributed by atoms with Crippen LogP contribution in [0.25, 0.3) is 0 Å². The van der Waals surface area contributed by atoms with Crippen molar-refractivity contribution in [2.45, 2.75) is 6.92 Å². The molecule has 14 heavy (non-hydrogen) atoms. The minimum atomic E-state index is -3.31. The molecule has 1 heterocycles. The second kappa shape index (κ2) is 4.43. The van der Waals surface area contributed by atoms with Crippen LogP contribution in [0.5, 0.6) is 5.75 Å². The van der Waals surface area contributed by atoms with E-state index in [9.17, 15) is 8.42 Å². The summed E-state index contributed by atoms with van der Waals surface area (Å²) < 4.78 is 28.6. The second-order valence-electron chi connectivity index (χ2n) is 2.59. The van der Waals surface area contributed by atoms with E-state index in [1.165, 1.54) is 12.4 Å². The van der Waals surface area contributed by atoms with Gasteiger partial charge in [-0.25, -0.2) is 8.42 Å². The van der Waals surface area contributed by atoms with Crippen molar-refractivity contribution in [3.63, 3.8) is 0 Å². The van der Waals surface area contributed by atoms with E-state index in [1.54, 1.807) is 6.92 Å². The Kier molecular flexibility index (Phi) is 3.48. The molecule has 0 aliphatic heterocycles. The van der Waals surface area contributed by atoms with E-state index >= 15 is 0 Å². The first-order chi connectivity index (χ1) is 6.60. The van der Waals surface area contributed by atoms with E-state index in [2.05, 4.69) is 5.10 Å². The SMILES string of the molecule is CCS(=O)(=O)n1cc(OCCN)cn1. The maximum Gasteiger partial charge on any atom is 0.253 e. The molecule has 0 spiro atoms. The molecule has 7 heteroatoms. The van der Waals surface area contributed by atoms with Crippen LogP contribution >= 0.6 is 0 Å².